The van der Waals surface area contributed by atoms with E-state index in [1.54, 1.807) is 22.8 Å². The first-order valence-electron chi connectivity index (χ1n) is 5.42. The molecule has 1 aromatic heterocycles. The third kappa shape index (κ3) is 1.58. The van der Waals surface area contributed by atoms with Crippen LogP contribution in [0.3, 0.4) is 0 Å². The lowest BCUT2D eigenvalue weighted by molar-refractivity contribution is 1.02. The van der Waals surface area contributed by atoms with Gasteiger partial charge in [-0.15, -0.1) is 0 Å². The van der Waals surface area contributed by atoms with Crippen molar-refractivity contribution in [2.24, 2.45) is 0 Å². The second-order valence-corrected chi connectivity index (χ2v) is 4.40. The molecule has 3 N–H and O–H groups in total. The van der Waals surface area contributed by atoms with Gasteiger partial charge in [-0.05, 0) is 30.3 Å². The van der Waals surface area contributed by atoms with Gasteiger partial charge in [0, 0.05) is 0 Å². The van der Waals surface area contributed by atoms with E-state index in [9.17, 15) is 4.79 Å². The second kappa shape index (κ2) is 3.92. The molecule has 0 spiro atoms. The van der Waals surface area contributed by atoms with Gasteiger partial charge < -0.3 is 10.7 Å². The Morgan fingerprint density at radius 3 is 2.72 bits per heavy atom. The lowest BCUT2D eigenvalue weighted by atomic mass is 10.2. The highest BCUT2D eigenvalue weighted by Gasteiger charge is 2.08. The molecule has 3 aromatic rings. The van der Waals surface area contributed by atoms with Crippen LogP contribution in [0.25, 0.3) is 16.7 Å². The number of aromatic nitrogens is 2. The van der Waals surface area contributed by atoms with Crippen molar-refractivity contribution < 1.29 is 0 Å². The number of rotatable bonds is 1. The molecule has 0 bridgehead atoms. The average Bonchev–Trinajstić information content (AvgIpc) is 2.69. The zero-order valence-electron chi connectivity index (χ0n) is 9.35. The average molecular weight is 260 g/mol. The summed E-state index contributed by atoms with van der Waals surface area (Å²) in [4.78, 5) is 14.8. The second-order valence-electron chi connectivity index (χ2n) is 3.99. The number of nitrogen functional groups attached to an aromatic ring is 1. The number of nitrogens with zero attached hydrogens (tertiary/aromatic N) is 1. The quantitative estimate of drug-likeness (QED) is 0.660. The van der Waals surface area contributed by atoms with Crippen LogP contribution >= 0.6 is 11.6 Å². The van der Waals surface area contributed by atoms with Gasteiger partial charge in [0.05, 0.1) is 27.4 Å². The molecule has 3 rings (SSSR count). The van der Waals surface area contributed by atoms with Gasteiger partial charge >= 0.3 is 5.69 Å². The van der Waals surface area contributed by atoms with E-state index in [4.69, 9.17) is 17.3 Å². The van der Waals surface area contributed by atoms with E-state index in [2.05, 4.69) is 4.98 Å². The highest BCUT2D eigenvalue weighted by Crippen LogP contribution is 2.23. The van der Waals surface area contributed by atoms with Crippen LogP contribution < -0.4 is 11.4 Å². The monoisotopic (exact) mass is 259 g/mol. The Bertz CT molecular complexity index is 788. The van der Waals surface area contributed by atoms with Crippen LogP contribution in [0.1, 0.15) is 0 Å². The van der Waals surface area contributed by atoms with Gasteiger partial charge in [0.25, 0.3) is 0 Å². The lowest BCUT2D eigenvalue weighted by Gasteiger charge is -2.05. The molecule has 0 atom stereocenters. The fourth-order valence-corrected chi connectivity index (χ4v) is 2.14. The van der Waals surface area contributed by atoms with E-state index in [0.717, 1.165) is 11.0 Å². The van der Waals surface area contributed by atoms with Crippen LogP contribution in [-0.2, 0) is 0 Å². The molecule has 0 unspecified atom stereocenters. The molecule has 0 aliphatic rings. The number of halogens is 1. The van der Waals surface area contributed by atoms with Crippen LogP contribution in [-0.4, -0.2) is 9.55 Å². The number of imidazole rings is 1. The van der Waals surface area contributed by atoms with Crippen molar-refractivity contribution in [3.8, 4) is 5.69 Å². The largest absolute Gasteiger partial charge is 0.398 e. The molecule has 1 heterocycles. The summed E-state index contributed by atoms with van der Waals surface area (Å²) in [5.41, 5.74) is 8.25. The summed E-state index contributed by atoms with van der Waals surface area (Å²) in [5, 5.41) is 0.435. The van der Waals surface area contributed by atoms with Crippen molar-refractivity contribution in [2.45, 2.75) is 0 Å². The number of benzene rings is 2. The number of para-hydroxylation sites is 2. The van der Waals surface area contributed by atoms with Crippen molar-refractivity contribution in [2.75, 3.05) is 5.73 Å². The maximum Gasteiger partial charge on any atom is 0.331 e. The Kier molecular flexibility index (Phi) is 2.38. The molecule has 0 radical (unpaired) electrons. The van der Waals surface area contributed by atoms with E-state index in [1.165, 1.54) is 0 Å². The molecule has 4 nitrogen and oxygen atoms in total. The molecular weight excluding hydrogens is 250 g/mol. The van der Waals surface area contributed by atoms with Gasteiger partial charge in [-0.3, -0.25) is 4.57 Å². The van der Waals surface area contributed by atoms with E-state index >= 15 is 0 Å². The number of nitrogens with one attached hydrogen (secondary N) is 1. The number of fused-ring (bicyclic) bond motifs is 1. The molecule has 0 saturated carbocycles. The van der Waals surface area contributed by atoms with Gasteiger partial charge in [-0.2, -0.15) is 0 Å². The van der Waals surface area contributed by atoms with Crippen LogP contribution in [0.2, 0.25) is 5.02 Å². The van der Waals surface area contributed by atoms with Crippen molar-refractivity contribution in [1.82, 2.24) is 9.55 Å². The summed E-state index contributed by atoms with van der Waals surface area (Å²) in [6.45, 7) is 0. The standard InChI is InChI=1S/C13H10ClN3O/c14-9-7-8(5-6-10(9)15)17-12-4-2-1-3-11(12)16-13(17)18/h1-7H,15H2,(H,16,18). The number of hydrogen-bond acceptors (Lipinski definition) is 2. The van der Waals surface area contributed by atoms with Crippen molar-refractivity contribution in [3.63, 3.8) is 0 Å². The van der Waals surface area contributed by atoms with Gasteiger partial charge in [-0.1, -0.05) is 23.7 Å². The number of hydrogen-bond donors (Lipinski definition) is 2. The van der Waals surface area contributed by atoms with E-state index in [0.29, 0.717) is 16.4 Å². The topological polar surface area (TPSA) is 63.8 Å². The Balaban J connectivity index is 2.34. The van der Waals surface area contributed by atoms with Crippen LogP contribution in [0.4, 0.5) is 5.69 Å². The SMILES string of the molecule is Nc1ccc(-n2c(=O)[nH]c3ccccc32)cc1Cl. The highest BCUT2D eigenvalue weighted by molar-refractivity contribution is 6.33. The predicted molar refractivity (Wildman–Crippen MR) is 73.3 cm³/mol. The summed E-state index contributed by atoms with van der Waals surface area (Å²) >= 11 is 5.98. The third-order valence-electron chi connectivity index (χ3n) is 2.83. The maximum absolute atomic E-state index is 12.0. The number of H-pyrrole nitrogens is 1. The number of anilines is 1. The molecule has 0 fully saturated rings. The van der Waals surface area contributed by atoms with E-state index in [1.807, 2.05) is 24.3 Å². The van der Waals surface area contributed by atoms with Crippen LogP contribution in [0.5, 0.6) is 0 Å². The van der Waals surface area contributed by atoms with Crippen LogP contribution in [0, 0.1) is 0 Å². The Hall–Kier alpha value is -2.20. The normalized spacial score (nSPS) is 10.9. The number of aromatic amines is 1. The summed E-state index contributed by atoms with van der Waals surface area (Å²) in [6.07, 6.45) is 0. The Labute approximate surface area is 108 Å². The minimum Gasteiger partial charge on any atom is -0.398 e. The molecule has 2 aromatic carbocycles. The molecule has 5 heteroatoms. The first-order valence-corrected chi connectivity index (χ1v) is 5.80. The molecular formula is C13H10ClN3O. The molecule has 90 valence electrons. The molecule has 18 heavy (non-hydrogen) atoms. The lowest BCUT2D eigenvalue weighted by Crippen LogP contribution is -2.14. The van der Waals surface area contributed by atoms with Crippen molar-refractivity contribution in [1.29, 1.82) is 0 Å². The smallest absolute Gasteiger partial charge is 0.331 e. The zero-order chi connectivity index (χ0) is 12.7. The first-order chi connectivity index (χ1) is 8.66. The predicted octanol–water partition coefficient (Wildman–Crippen LogP) is 2.55. The molecule has 0 saturated heterocycles. The Morgan fingerprint density at radius 1 is 1.17 bits per heavy atom. The minimum atomic E-state index is -0.197. The Morgan fingerprint density at radius 2 is 1.94 bits per heavy atom. The van der Waals surface area contributed by atoms with E-state index < -0.39 is 0 Å². The number of nitrogens with two attached hydrogens (primary N) is 1. The summed E-state index contributed by atoms with van der Waals surface area (Å²) in [7, 11) is 0. The first kappa shape index (κ1) is 10.9. The van der Waals surface area contributed by atoms with Crippen molar-refractivity contribution >= 4 is 28.3 Å². The molecule has 0 aliphatic carbocycles. The third-order valence-corrected chi connectivity index (χ3v) is 3.16. The highest BCUT2D eigenvalue weighted by atomic mass is 35.5. The maximum atomic E-state index is 12.0. The fourth-order valence-electron chi connectivity index (χ4n) is 1.97. The summed E-state index contributed by atoms with van der Waals surface area (Å²) in [6, 6.07) is 12.6. The van der Waals surface area contributed by atoms with Crippen molar-refractivity contribution in [3.05, 3.63) is 58.0 Å². The van der Waals surface area contributed by atoms with Gasteiger partial charge in [0.1, 0.15) is 0 Å². The molecule has 0 aliphatic heterocycles. The minimum absolute atomic E-state index is 0.197. The van der Waals surface area contributed by atoms with Gasteiger partial charge in [-0.25, -0.2) is 4.79 Å². The van der Waals surface area contributed by atoms with E-state index in [-0.39, 0.29) is 5.69 Å². The summed E-state index contributed by atoms with van der Waals surface area (Å²) in [5.74, 6) is 0. The van der Waals surface area contributed by atoms with Gasteiger partial charge in [0.15, 0.2) is 0 Å². The zero-order valence-corrected chi connectivity index (χ0v) is 10.1. The fraction of sp³-hybridized carbons (Fsp3) is 0. The van der Waals surface area contributed by atoms with Gasteiger partial charge in [0.2, 0.25) is 0 Å². The van der Waals surface area contributed by atoms with Crippen LogP contribution in [0.15, 0.2) is 47.3 Å². The summed E-state index contributed by atoms with van der Waals surface area (Å²) < 4.78 is 1.57. The molecule has 0 amide bonds.